The fourth-order valence-corrected chi connectivity index (χ4v) is 10.5. The highest BCUT2D eigenvalue weighted by Gasteiger charge is 2.69. The smallest absolute Gasteiger partial charge is 0.323 e. The SMILES string of the molecule is COc1cc([C@H]2c3sc(=O)[nH]c3SC3C4CC(C5C(=O)N(CC(=O)O)C(=O)C45)C32)ccc1OCC(=O)Nc1ccc(F)cc1. The van der Waals surface area contributed by atoms with Gasteiger partial charge in [0.1, 0.15) is 12.4 Å². The first-order valence-corrected chi connectivity index (χ1v) is 15.7. The molecular formula is C30H26FN3O8S2. The van der Waals surface area contributed by atoms with E-state index in [1.54, 1.807) is 12.1 Å². The van der Waals surface area contributed by atoms with Crippen LogP contribution in [0.2, 0.25) is 0 Å². The standard InChI is InChI=1S/C30H26FN3O8S2/c1-41-18-8-12(2-7-17(18)42-11-19(35)32-14-5-3-13(31)4-6-14)21-22-15-9-16(25(22)43-27-26(21)44-30(40)33-27)24-23(15)28(38)34(29(24)39)10-20(36)37/h2-8,15-16,21-25H,9-11H2,1H3,(H,32,35)(H,33,40)(H,36,37)/t15?,16?,21-,22?,23?,24?,25?/m1/s1. The molecule has 2 bridgehead atoms. The molecule has 6 unspecified atom stereocenters. The van der Waals surface area contributed by atoms with Crippen molar-refractivity contribution >= 4 is 52.5 Å². The molecule has 2 saturated carbocycles. The average Bonchev–Trinajstić information content (AvgIpc) is 3.73. The molecule has 3 fully saturated rings. The Labute approximate surface area is 257 Å². The Kier molecular flexibility index (Phi) is 7.00. The van der Waals surface area contributed by atoms with Crippen LogP contribution in [0.15, 0.2) is 52.3 Å². The van der Waals surface area contributed by atoms with Crippen LogP contribution in [0.3, 0.4) is 0 Å². The average molecular weight is 640 g/mol. The van der Waals surface area contributed by atoms with Gasteiger partial charge in [0.05, 0.1) is 24.0 Å². The summed E-state index contributed by atoms with van der Waals surface area (Å²) in [4.78, 5) is 67.5. The fourth-order valence-electron chi connectivity index (χ4n) is 7.61. The molecule has 0 radical (unpaired) electrons. The second kappa shape index (κ2) is 10.8. The summed E-state index contributed by atoms with van der Waals surface area (Å²) in [5.41, 5.74) is 1.26. The van der Waals surface area contributed by atoms with E-state index in [2.05, 4.69) is 10.3 Å². The molecular weight excluding hydrogens is 613 g/mol. The number of methoxy groups -OCH3 is 1. The number of nitrogens with zero attached hydrogens (tertiary/aromatic N) is 1. The van der Waals surface area contributed by atoms with Crippen molar-refractivity contribution in [1.29, 1.82) is 0 Å². The topological polar surface area (TPSA) is 155 Å². The van der Waals surface area contributed by atoms with Gasteiger partial charge in [0.2, 0.25) is 11.8 Å². The Morgan fingerprint density at radius 2 is 1.80 bits per heavy atom. The molecule has 7 rings (SSSR count). The number of H-pyrrole nitrogens is 1. The summed E-state index contributed by atoms with van der Waals surface area (Å²) < 4.78 is 24.6. The Morgan fingerprint density at radius 1 is 1.07 bits per heavy atom. The quantitative estimate of drug-likeness (QED) is 0.315. The van der Waals surface area contributed by atoms with Crippen LogP contribution in [0.5, 0.6) is 11.5 Å². The van der Waals surface area contributed by atoms with Gasteiger partial charge < -0.3 is 24.9 Å². The van der Waals surface area contributed by atoms with E-state index in [0.29, 0.717) is 23.6 Å². The Bertz CT molecular complexity index is 1760. The molecule has 3 heterocycles. The van der Waals surface area contributed by atoms with E-state index in [4.69, 9.17) is 9.47 Å². The molecule has 228 valence electrons. The number of hydrogen-bond donors (Lipinski definition) is 3. The van der Waals surface area contributed by atoms with Gasteiger partial charge in [-0.2, -0.15) is 0 Å². The molecule has 1 aromatic heterocycles. The molecule has 7 atom stereocenters. The maximum atomic E-state index is 13.4. The Hall–Kier alpha value is -4.17. The Balaban J connectivity index is 1.17. The van der Waals surface area contributed by atoms with E-state index in [9.17, 15) is 33.5 Å². The fraction of sp³-hybridized carbons (Fsp3) is 0.367. The predicted octanol–water partition coefficient (Wildman–Crippen LogP) is 3.16. The lowest BCUT2D eigenvalue weighted by atomic mass is 9.68. The zero-order valence-electron chi connectivity index (χ0n) is 23.2. The van der Waals surface area contributed by atoms with Crippen molar-refractivity contribution < 1.29 is 38.1 Å². The number of fused-ring (bicyclic) bond motifs is 9. The van der Waals surface area contributed by atoms with E-state index in [0.717, 1.165) is 31.7 Å². The molecule has 2 aromatic carbocycles. The number of hydrogen-bond acceptors (Lipinski definition) is 9. The summed E-state index contributed by atoms with van der Waals surface area (Å²) in [6.45, 7) is -0.964. The third-order valence-corrected chi connectivity index (χ3v) is 11.7. The molecule has 4 aliphatic rings. The van der Waals surface area contributed by atoms with Gasteiger partial charge in [0.25, 0.3) is 5.91 Å². The second-order valence-electron chi connectivity index (χ2n) is 11.4. The molecule has 11 nitrogen and oxygen atoms in total. The zero-order chi connectivity index (χ0) is 30.9. The lowest BCUT2D eigenvalue weighted by molar-refractivity contribution is -0.149. The summed E-state index contributed by atoms with van der Waals surface area (Å²) in [5.74, 6) is -4.03. The van der Waals surface area contributed by atoms with Crippen molar-refractivity contribution in [3.63, 3.8) is 0 Å². The number of ether oxygens (including phenoxy) is 2. The van der Waals surface area contributed by atoms with Crippen LogP contribution >= 0.6 is 23.1 Å². The van der Waals surface area contributed by atoms with Crippen molar-refractivity contribution in [2.75, 3.05) is 25.6 Å². The second-order valence-corrected chi connectivity index (χ2v) is 13.6. The number of imide groups is 1. The molecule has 14 heteroatoms. The molecule has 2 aliphatic heterocycles. The highest BCUT2D eigenvalue weighted by Crippen LogP contribution is 2.68. The summed E-state index contributed by atoms with van der Waals surface area (Å²) in [7, 11) is 1.48. The monoisotopic (exact) mass is 639 g/mol. The number of halogens is 1. The Morgan fingerprint density at radius 3 is 2.50 bits per heavy atom. The number of carboxylic acids is 1. The third-order valence-electron chi connectivity index (χ3n) is 9.14. The molecule has 0 spiro atoms. The predicted molar refractivity (Wildman–Crippen MR) is 156 cm³/mol. The maximum absolute atomic E-state index is 13.4. The number of carbonyl (C=O) groups is 4. The van der Waals surface area contributed by atoms with Crippen LogP contribution in [-0.2, 0) is 19.2 Å². The molecule has 3 amide bonds. The normalized spacial score (nSPS) is 28.0. The van der Waals surface area contributed by atoms with Crippen molar-refractivity contribution in [3.05, 3.63) is 68.4 Å². The van der Waals surface area contributed by atoms with Crippen LogP contribution in [0.25, 0.3) is 0 Å². The molecule has 1 saturated heterocycles. The van der Waals surface area contributed by atoms with E-state index < -0.39 is 47.9 Å². The minimum absolute atomic E-state index is 0.0531. The van der Waals surface area contributed by atoms with Crippen LogP contribution < -0.4 is 19.7 Å². The number of aliphatic carboxylic acids is 1. The van der Waals surface area contributed by atoms with Gasteiger partial charge in [-0.15, -0.1) is 11.8 Å². The van der Waals surface area contributed by atoms with Gasteiger partial charge in [0.15, 0.2) is 18.1 Å². The number of aromatic nitrogens is 1. The number of rotatable bonds is 8. The summed E-state index contributed by atoms with van der Waals surface area (Å²) >= 11 is 2.66. The number of thiazole rings is 1. The van der Waals surface area contributed by atoms with Crippen LogP contribution in [0.1, 0.15) is 22.8 Å². The first-order chi connectivity index (χ1) is 21.1. The van der Waals surface area contributed by atoms with E-state index >= 15 is 0 Å². The van der Waals surface area contributed by atoms with Gasteiger partial charge in [-0.05, 0) is 66.1 Å². The van der Waals surface area contributed by atoms with Crippen LogP contribution in [0.4, 0.5) is 10.1 Å². The van der Waals surface area contributed by atoms with Gasteiger partial charge in [-0.1, -0.05) is 17.4 Å². The number of carboxylic acid groups (broad SMARTS) is 1. The largest absolute Gasteiger partial charge is 0.493 e. The van der Waals surface area contributed by atoms with Gasteiger partial charge in [-0.25, -0.2) is 4.39 Å². The van der Waals surface area contributed by atoms with Gasteiger partial charge in [-0.3, -0.25) is 28.9 Å². The molecule has 44 heavy (non-hydrogen) atoms. The summed E-state index contributed by atoms with van der Waals surface area (Å²) in [5, 5.41) is 12.6. The molecule has 3 N–H and O–H groups in total. The minimum Gasteiger partial charge on any atom is -0.493 e. The zero-order valence-corrected chi connectivity index (χ0v) is 24.8. The van der Waals surface area contributed by atoms with E-state index in [1.165, 1.54) is 43.1 Å². The summed E-state index contributed by atoms with van der Waals surface area (Å²) in [6, 6.07) is 10.7. The number of anilines is 1. The molecule has 2 aliphatic carbocycles. The number of aromatic amines is 1. The van der Waals surface area contributed by atoms with Crippen molar-refractivity contribution in [1.82, 2.24) is 9.88 Å². The van der Waals surface area contributed by atoms with Gasteiger partial charge in [0, 0.05) is 21.7 Å². The van der Waals surface area contributed by atoms with Gasteiger partial charge >= 0.3 is 10.8 Å². The van der Waals surface area contributed by atoms with Crippen LogP contribution in [-0.4, -0.2) is 64.2 Å². The highest BCUT2D eigenvalue weighted by atomic mass is 32.2. The lowest BCUT2D eigenvalue weighted by Gasteiger charge is -2.43. The van der Waals surface area contributed by atoms with Crippen LogP contribution in [0, 0.1) is 35.4 Å². The van der Waals surface area contributed by atoms with Crippen molar-refractivity contribution in [2.24, 2.45) is 29.6 Å². The number of benzene rings is 2. The number of thioether (sulfide) groups is 1. The first-order valence-electron chi connectivity index (χ1n) is 14.0. The molecule has 3 aromatic rings. The third kappa shape index (κ3) is 4.58. The van der Waals surface area contributed by atoms with Crippen molar-refractivity contribution in [2.45, 2.75) is 22.6 Å². The number of nitrogens with one attached hydrogen (secondary N) is 2. The minimum atomic E-state index is -1.23. The maximum Gasteiger partial charge on any atom is 0.323 e. The van der Waals surface area contributed by atoms with Crippen molar-refractivity contribution in [3.8, 4) is 11.5 Å². The number of amides is 3. The van der Waals surface area contributed by atoms with E-state index in [-0.39, 0.29) is 40.4 Å². The summed E-state index contributed by atoms with van der Waals surface area (Å²) in [6.07, 6.45) is 0.674. The number of likely N-dealkylation sites (tertiary alicyclic amines) is 1. The van der Waals surface area contributed by atoms with E-state index in [1.807, 2.05) is 6.07 Å². The number of carbonyl (C=O) groups excluding carboxylic acids is 3. The lowest BCUT2D eigenvalue weighted by Crippen LogP contribution is -2.42. The highest BCUT2D eigenvalue weighted by molar-refractivity contribution is 8.00. The first kappa shape index (κ1) is 28.6.